The molecule has 21 heavy (non-hydrogen) atoms. The highest BCUT2D eigenvalue weighted by molar-refractivity contribution is 7.19. The molecule has 1 heterocycles. The van der Waals surface area contributed by atoms with E-state index in [9.17, 15) is 0 Å². The lowest BCUT2D eigenvalue weighted by Gasteiger charge is -2.37. The van der Waals surface area contributed by atoms with Crippen LogP contribution in [0.1, 0.15) is 35.1 Å². The third-order valence-electron chi connectivity index (χ3n) is 4.67. The molecule has 3 rings (SSSR count). The van der Waals surface area contributed by atoms with Gasteiger partial charge in [0, 0.05) is 11.2 Å². The number of benzene rings is 2. The van der Waals surface area contributed by atoms with E-state index in [0.717, 1.165) is 6.54 Å². The summed E-state index contributed by atoms with van der Waals surface area (Å²) in [6.45, 7) is 5.42. The second-order valence-corrected chi connectivity index (χ2v) is 7.16. The van der Waals surface area contributed by atoms with E-state index in [0.29, 0.717) is 6.04 Å². The standard InChI is InChI=1S/C19H24NP/c1-14-5-9-16(10-6-14)19(21,18-4-3-13-20-18)17-11-7-15(2)8-12-17/h5-12,18,20H,3-4,13,21H2,1-2H3. The first kappa shape index (κ1) is 14.8. The van der Waals surface area contributed by atoms with Crippen molar-refractivity contribution >= 4 is 9.24 Å². The maximum Gasteiger partial charge on any atom is 0.0496 e. The summed E-state index contributed by atoms with van der Waals surface area (Å²) in [7, 11) is 3.16. The van der Waals surface area contributed by atoms with Crippen LogP contribution in [0.2, 0.25) is 0 Å². The Hall–Kier alpha value is -1.17. The van der Waals surface area contributed by atoms with Gasteiger partial charge in [-0.05, 0) is 44.4 Å². The lowest BCUT2D eigenvalue weighted by Crippen LogP contribution is -2.41. The SMILES string of the molecule is Cc1ccc(C(P)(c2ccc(C)cc2)C2CCCN2)cc1. The van der Waals surface area contributed by atoms with E-state index < -0.39 is 0 Å². The van der Waals surface area contributed by atoms with Crippen LogP contribution < -0.4 is 5.32 Å². The predicted molar refractivity (Wildman–Crippen MR) is 93.9 cm³/mol. The summed E-state index contributed by atoms with van der Waals surface area (Å²) in [5.41, 5.74) is 5.38. The fraction of sp³-hybridized carbons (Fsp3) is 0.368. The maximum absolute atomic E-state index is 3.70. The molecule has 1 aliphatic heterocycles. The monoisotopic (exact) mass is 297 g/mol. The Kier molecular flexibility index (Phi) is 4.15. The number of hydrogen-bond donors (Lipinski definition) is 1. The van der Waals surface area contributed by atoms with Gasteiger partial charge in [0.05, 0.1) is 0 Å². The Bertz CT molecular complexity index is 549. The Balaban J connectivity index is 2.09. The Morgan fingerprint density at radius 2 is 1.38 bits per heavy atom. The van der Waals surface area contributed by atoms with E-state index in [2.05, 4.69) is 76.9 Å². The van der Waals surface area contributed by atoms with Crippen LogP contribution in [0.25, 0.3) is 0 Å². The minimum atomic E-state index is -0.0437. The van der Waals surface area contributed by atoms with Crippen LogP contribution >= 0.6 is 9.24 Å². The molecule has 0 aliphatic carbocycles. The van der Waals surface area contributed by atoms with Crippen molar-refractivity contribution in [3.63, 3.8) is 0 Å². The molecule has 110 valence electrons. The van der Waals surface area contributed by atoms with Crippen LogP contribution in [-0.4, -0.2) is 12.6 Å². The molecule has 2 unspecified atom stereocenters. The molecule has 0 bridgehead atoms. The topological polar surface area (TPSA) is 12.0 Å². The van der Waals surface area contributed by atoms with Gasteiger partial charge < -0.3 is 5.32 Å². The van der Waals surface area contributed by atoms with Crippen molar-refractivity contribution in [1.29, 1.82) is 0 Å². The first-order valence-electron chi connectivity index (χ1n) is 7.77. The molecule has 0 radical (unpaired) electrons. The van der Waals surface area contributed by atoms with Crippen molar-refractivity contribution in [3.8, 4) is 0 Å². The minimum Gasteiger partial charge on any atom is -0.312 e. The van der Waals surface area contributed by atoms with E-state index in [4.69, 9.17) is 0 Å². The fourth-order valence-electron chi connectivity index (χ4n) is 3.30. The van der Waals surface area contributed by atoms with Gasteiger partial charge in [-0.15, -0.1) is 9.24 Å². The molecule has 0 amide bonds. The van der Waals surface area contributed by atoms with Gasteiger partial charge >= 0.3 is 0 Å². The zero-order valence-corrected chi connectivity index (χ0v) is 14.0. The van der Waals surface area contributed by atoms with Gasteiger partial charge in [-0.25, -0.2) is 0 Å². The van der Waals surface area contributed by atoms with Gasteiger partial charge in [-0.2, -0.15) is 0 Å². The van der Waals surface area contributed by atoms with Crippen molar-refractivity contribution in [1.82, 2.24) is 5.32 Å². The lowest BCUT2D eigenvalue weighted by molar-refractivity contribution is 0.502. The van der Waals surface area contributed by atoms with Gasteiger partial charge in [0.1, 0.15) is 0 Å². The van der Waals surface area contributed by atoms with Crippen molar-refractivity contribution in [2.24, 2.45) is 0 Å². The summed E-state index contributed by atoms with van der Waals surface area (Å²) < 4.78 is 0. The zero-order chi connectivity index (χ0) is 14.9. The summed E-state index contributed by atoms with van der Waals surface area (Å²) in [5.74, 6) is 0. The van der Waals surface area contributed by atoms with Gasteiger partial charge in [0.15, 0.2) is 0 Å². The molecule has 2 aromatic rings. The quantitative estimate of drug-likeness (QED) is 0.838. The first-order valence-corrected chi connectivity index (χ1v) is 8.35. The van der Waals surface area contributed by atoms with Crippen molar-refractivity contribution < 1.29 is 0 Å². The zero-order valence-electron chi connectivity index (χ0n) is 12.9. The molecule has 1 nitrogen and oxygen atoms in total. The molecule has 2 aromatic carbocycles. The van der Waals surface area contributed by atoms with Crippen molar-refractivity contribution in [2.75, 3.05) is 6.54 Å². The average Bonchev–Trinajstić information content (AvgIpc) is 3.02. The summed E-state index contributed by atoms with van der Waals surface area (Å²) in [6.07, 6.45) is 2.49. The highest BCUT2D eigenvalue weighted by Gasteiger charge is 2.39. The van der Waals surface area contributed by atoms with E-state index >= 15 is 0 Å². The highest BCUT2D eigenvalue weighted by Crippen LogP contribution is 2.44. The number of rotatable bonds is 3. The third kappa shape index (κ3) is 2.78. The van der Waals surface area contributed by atoms with E-state index in [-0.39, 0.29) is 5.16 Å². The average molecular weight is 297 g/mol. The molecule has 2 heteroatoms. The molecule has 0 saturated carbocycles. The van der Waals surface area contributed by atoms with Gasteiger partial charge in [0.25, 0.3) is 0 Å². The van der Waals surface area contributed by atoms with Crippen LogP contribution in [0.3, 0.4) is 0 Å². The Morgan fingerprint density at radius 3 is 1.76 bits per heavy atom. The van der Waals surface area contributed by atoms with Crippen LogP contribution in [0.15, 0.2) is 48.5 Å². The van der Waals surface area contributed by atoms with Gasteiger partial charge in [0.2, 0.25) is 0 Å². The molecular formula is C19H24NP. The largest absolute Gasteiger partial charge is 0.312 e. The smallest absolute Gasteiger partial charge is 0.0496 e. The molecule has 1 fully saturated rings. The number of aryl methyl sites for hydroxylation is 2. The Labute approximate surface area is 130 Å². The number of hydrogen-bond acceptors (Lipinski definition) is 1. The number of nitrogens with one attached hydrogen (secondary N) is 1. The minimum absolute atomic E-state index is 0.0437. The summed E-state index contributed by atoms with van der Waals surface area (Å²) >= 11 is 0. The lowest BCUT2D eigenvalue weighted by atomic mass is 9.82. The molecule has 1 saturated heterocycles. The molecular weight excluding hydrogens is 273 g/mol. The normalized spacial score (nSPS) is 18.9. The Morgan fingerprint density at radius 1 is 0.905 bits per heavy atom. The second-order valence-electron chi connectivity index (χ2n) is 6.25. The van der Waals surface area contributed by atoms with Crippen LogP contribution in [-0.2, 0) is 5.16 Å². The summed E-state index contributed by atoms with van der Waals surface area (Å²) in [4.78, 5) is 0. The maximum atomic E-state index is 3.70. The highest BCUT2D eigenvalue weighted by atomic mass is 31.0. The van der Waals surface area contributed by atoms with Gasteiger partial charge in [-0.1, -0.05) is 59.7 Å². The molecule has 1 aliphatic rings. The third-order valence-corrected chi connectivity index (χ3v) is 5.74. The first-order chi connectivity index (χ1) is 10.1. The van der Waals surface area contributed by atoms with E-state index in [1.54, 1.807) is 0 Å². The molecule has 2 atom stereocenters. The van der Waals surface area contributed by atoms with Gasteiger partial charge in [-0.3, -0.25) is 0 Å². The molecule has 0 spiro atoms. The van der Waals surface area contributed by atoms with Crippen LogP contribution in [0.5, 0.6) is 0 Å². The van der Waals surface area contributed by atoms with Crippen molar-refractivity contribution in [2.45, 2.75) is 37.9 Å². The molecule has 0 aromatic heterocycles. The fourth-order valence-corrected chi connectivity index (χ4v) is 3.97. The van der Waals surface area contributed by atoms with Crippen molar-refractivity contribution in [3.05, 3.63) is 70.8 Å². The predicted octanol–water partition coefficient (Wildman–Crippen LogP) is 4.17. The summed E-state index contributed by atoms with van der Waals surface area (Å²) in [5, 5.41) is 3.66. The van der Waals surface area contributed by atoms with E-state index in [1.807, 2.05) is 0 Å². The van der Waals surface area contributed by atoms with Crippen LogP contribution in [0.4, 0.5) is 0 Å². The molecule has 1 N–H and O–H groups in total. The van der Waals surface area contributed by atoms with Crippen LogP contribution in [0, 0.1) is 13.8 Å². The van der Waals surface area contributed by atoms with E-state index in [1.165, 1.54) is 35.1 Å². The second kappa shape index (κ2) is 5.91. The summed E-state index contributed by atoms with van der Waals surface area (Å²) in [6, 6.07) is 18.5.